The monoisotopic (exact) mass is 1200 g/mol. The highest BCUT2D eigenvalue weighted by Gasteiger charge is 2.40. The summed E-state index contributed by atoms with van der Waals surface area (Å²) in [6, 6.07) is 16.3. The normalized spacial score (nSPS) is 17.6. The molecule has 0 radical (unpaired) electrons. The van der Waals surface area contributed by atoms with Gasteiger partial charge < -0.3 is 35.4 Å². The van der Waals surface area contributed by atoms with Crippen LogP contribution >= 0.6 is 35.7 Å². The van der Waals surface area contributed by atoms with E-state index >= 15 is 0 Å². The zero-order chi connectivity index (χ0) is 61.0. The molecule has 5 rings (SSSR count). The molecule has 3 aromatic rings. The van der Waals surface area contributed by atoms with Crippen molar-refractivity contribution >= 4 is 82.8 Å². The second kappa shape index (κ2) is 33.5. The molecule has 0 spiro atoms. The highest BCUT2D eigenvalue weighted by Crippen LogP contribution is 2.34. The van der Waals surface area contributed by atoms with Gasteiger partial charge in [0, 0.05) is 118 Å². The standard InChI is InChI=1S/C63H94N8O9S3/c1-11-43(4)48(38-55(74)51-27-19-21-31-67(51)8)60(77)68(9)52(42(2)3)39-56(80-44(5)72)59-66-50(40-83-59)61(78)69(10)53(41-82-47-25-16-13-17-26-47)54(73)37-46(24-18-20-30-64)58(76)65-49(36-45-22-14-12-15-23-45)62(79)71-34-32-70(33-35-71)57(75)28-29-63(6,7)81/h12-17,22-23,25-26,40,42-43,46,48-49,51-53,56,81H,11,18-21,24,27-39,41,64H2,1-10H3,(H,65,76)/t43-,46-,48?,49-,51?,52+,53-,56+/m0/s1. The summed E-state index contributed by atoms with van der Waals surface area (Å²) in [4.78, 5) is 128. The minimum Gasteiger partial charge on any atom is -0.455 e. The summed E-state index contributed by atoms with van der Waals surface area (Å²) in [6.07, 6.45) is 5.30. The molecule has 0 bridgehead atoms. The third-order valence-electron chi connectivity index (χ3n) is 16.5. The number of carbonyl (C=O) groups is 8. The van der Waals surface area contributed by atoms with Gasteiger partial charge in [0.15, 0.2) is 17.7 Å². The molecule has 2 aromatic carbocycles. The number of thiazole rings is 1. The van der Waals surface area contributed by atoms with Crippen LogP contribution in [0.4, 0.5) is 0 Å². The SMILES string of the molecule is CC[C@H](C)C(CC(=O)C1CCCCN1C)C(=O)N(C)[C@H](C[C@@H](OC(C)=O)c1nc(C(=O)N(C)[C@@H](CSc2ccccc2)C(=O)C[C@H](CCCCN)C(=O)N[C@@H](Cc2ccccc2)C(=O)N2CCN(C(=O)CCC(C)(C)S)CC2)cs1)C(C)C. The molecule has 3 N–H and O–H groups in total. The smallest absolute Gasteiger partial charge is 0.303 e. The van der Waals surface area contributed by atoms with E-state index in [2.05, 4.69) is 22.8 Å². The molecule has 1 aromatic heterocycles. The Morgan fingerprint density at radius 1 is 0.892 bits per heavy atom. The number of benzene rings is 2. The van der Waals surface area contributed by atoms with Crippen molar-refractivity contribution in [1.82, 2.24) is 34.8 Å². The first-order chi connectivity index (χ1) is 39.4. The van der Waals surface area contributed by atoms with Crippen molar-refractivity contribution in [2.75, 3.05) is 66.2 Å². The van der Waals surface area contributed by atoms with E-state index in [0.717, 1.165) is 47.6 Å². The van der Waals surface area contributed by atoms with Gasteiger partial charge in [0.25, 0.3) is 5.91 Å². The van der Waals surface area contributed by atoms with E-state index in [9.17, 15) is 38.4 Å². The molecule has 2 unspecified atom stereocenters. The number of nitrogens with two attached hydrogens (primary N) is 1. The first kappa shape index (κ1) is 68.6. The maximum absolute atomic E-state index is 15.0. The van der Waals surface area contributed by atoms with Gasteiger partial charge >= 0.3 is 5.97 Å². The van der Waals surface area contributed by atoms with Crippen molar-refractivity contribution < 1.29 is 43.1 Å². The number of nitrogens with one attached hydrogen (secondary N) is 1. The number of esters is 1. The van der Waals surface area contributed by atoms with Gasteiger partial charge in [0.05, 0.1) is 12.1 Å². The number of piperidine rings is 1. The third-order valence-corrected chi connectivity index (χ3v) is 18.8. The Balaban J connectivity index is 1.37. The van der Waals surface area contributed by atoms with Crippen LogP contribution in [0.3, 0.4) is 0 Å². The number of likely N-dealkylation sites (tertiary alicyclic amines) is 1. The van der Waals surface area contributed by atoms with Crippen molar-refractivity contribution in [1.29, 1.82) is 0 Å². The Bertz CT molecular complexity index is 2590. The number of likely N-dealkylation sites (N-methyl/N-ethyl adjacent to an activating group) is 2. The molecule has 458 valence electrons. The zero-order valence-corrected chi connectivity index (χ0v) is 53.4. The van der Waals surface area contributed by atoms with Crippen LogP contribution in [-0.2, 0) is 44.7 Å². The van der Waals surface area contributed by atoms with Gasteiger partial charge in [-0.2, -0.15) is 12.6 Å². The van der Waals surface area contributed by atoms with Crippen molar-refractivity contribution in [3.05, 3.63) is 82.3 Å². The number of hydrogen-bond acceptors (Lipinski definition) is 15. The molecule has 2 aliphatic rings. The Morgan fingerprint density at radius 3 is 2.14 bits per heavy atom. The van der Waals surface area contributed by atoms with Gasteiger partial charge in [0.1, 0.15) is 16.7 Å². The lowest BCUT2D eigenvalue weighted by atomic mass is 9.83. The molecule has 3 heterocycles. The minimum atomic E-state index is -1.03. The zero-order valence-electron chi connectivity index (χ0n) is 50.9. The summed E-state index contributed by atoms with van der Waals surface area (Å²) < 4.78 is 5.66. The predicted molar refractivity (Wildman–Crippen MR) is 332 cm³/mol. The van der Waals surface area contributed by atoms with Crippen LogP contribution in [0.5, 0.6) is 0 Å². The second-order valence-electron chi connectivity index (χ2n) is 23.8. The molecule has 2 fully saturated rings. The lowest BCUT2D eigenvalue weighted by Gasteiger charge is -2.37. The number of piperazine rings is 1. The number of thioether (sulfide) groups is 1. The Kier molecular flexibility index (Phi) is 27.7. The third kappa shape index (κ3) is 21.1. The molecular formula is C63H94N8O9S3. The van der Waals surface area contributed by atoms with E-state index in [1.165, 1.54) is 23.6 Å². The Labute approximate surface area is 507 Å². The number of Topliss-reactive ketones (excluding diaryl/α,β-unsaturated/α-hetero) is 2. The molecule has 20 heteroatoms. The lowest BCUT2D eigenvalue weighted by molar-refractivity contribution is -0.149. The van der Waals surface area contributed by atoms with E-state index in [4.69, 9.17) is 15.5 Å². The van der Waals surface area contributed by atoms with Gasteiger partial charge in [-0.05, 0) is 81.8 Å². The maximum atomic E-state index is 15.0. The maximum Gasteiger partial charge on any atom is 0.303 e. The van der Waals surface area contributed by atoms with Crippen molar-refractivity contribution in [3.63, 3.8) is 0 Å². The van der Waals surface area contributed by atoms with Crippen LogP contribution in [0.25, 0.3) is 0 Å². The topological polar surface area (TPSA) is 213 Å². The lowest BCUT2D eigenvalue weighted by Crippen LogP contribution is -2.57. The van der Waals surface area contributed by atoms with Crippen LogP contribution in [-0.4, -0.2) is 172 Å². The number of ether oxygens (including phenoxy) is 1. The average Bonchev–Trinajstić information content (AvgIpc) is 4.18. The van der Waals surface area contributed by atoms with E-state index in [1.54, 1.807) is 34.2 Å². The summed E-state index contributed by atoms with van der Waals surface area (Å²) in [5, 5.41) is 4.99. The molecular weight excluding hydrogens is 1110 g/mol. The van der Waals surface area contributed by atoms with Gasteiger partial charge in [-0.25, -0.2) is 4.98 Å². The molecule has 8 atom stereocenters. The van der Waals surface area contributed by atoms with E-state index in [1.807, 2.05) is 109 Å². The number of rotatable bonds is 32. The van der Waals surface area contributed by atoms with E-state index < -0.39 is 53.8 Å². The van der Waals surface area contributed by atoms with Crippen molar-refractivity contribution in [2.45, 2.75) is 172 Å². The van der Waals surface area contributed by atoms with Crippen LogP contribution in [0.15, 0.2) is 70.9 Å². The summed E-state index contributed by atoms with van der Waals surface area (Å²) in [6.45, 7) is 15.8. The van der Waals surface area contributed by atoms with Gasteiger partial charge in [-0.15, -0.1) is 23.1 Å². The fourth-order valence-electron chi connectivity index (χ4n) is 11.1. The first-order valence-electron chi connectivity index (χ1n) is 29.9. The molecule has 17 nitrogen and oxygen atoms in total. The molecule has 2 aliphatic heterocycles. The Hall–Kier alpha value is -5.15. The van der Waals surface area contributed by atoms with Crippen LogP contribution in [0.1, 0.15) is 153 Å². The van der Waals surface area contributed by atoms with E-state index in [-0.39, 0.29) is 89.0 Å². The predicted octanol–water partition coefficient (Wildman–Crippen LogP) is 8.55. The average molecular weight is 1200 g/mol. The molecule has 83 heavy (non-hydrogen) atoms. The van der Waals surface area contributed by atoms with Crippen LogP contribution < -0.4 is 11.1 Å². The quantitative estimate of drug-likeness (QED) is 0.0232. The molecule has 0 saturated carbocycles. The highest BCUT2D eigenvalue weighted by molar-refractivity contribution is 7.99. The summed E-state index contributed by atoms with van der Waals surface area (Å²) in [7, 11) is 5.27. The fraction of sp³-hybridized carbons (Fsp3) is 0.635. The number of thiol groups is 1. The van der Waals surface area contributed by atoms with Gasteiger partial charge in [-0.1, -0.05) is 109 Å². The van der Waals surface area contributed by atoms with Crippen LogP contribution in [0.2, 0.25) is 0 Å². The molecule has 5 amide bonds. The van der Waals surface area contributed by atoms with Gasteiger partial charge in [0.2, 0.25) is 23.6 Å². The number of aromatic nitrogens is 1. The largest absolute Gasteiger partial charge is 0.455 e. The van der Waals surface area contributed by atoms with E-state index in [0.29, 0.717) is 76.3 Å². The van der Waals surface area contributed by atoms with Crippen molar-refractivity contribution in [2.24, 2.45) is 29.4 Å². The summed E-state index contributed by atoms with van der Waals surface area (Å²) in [5.74, 6) is -3.66. The number of ketones is 2. The van der Waals surface area contributed by atoms with Crippen LogP contribution in [0, 0.1) is 23.7 Å². The number of amides is 5. The van der Waals surface area contributed by atoms with Crippen molar-refractivity contribution in [3.8, 4) is 0 Å². The Morgan fingerprint density at radius 2 is 1.54 bits per heavy atom. The summed E-state index contributed by atoms with van der Waals surface area (Å²) in [5.41, 5.74) is 6.81. The number of unbranched alkanes of at least 4 members (excludes halogenated alkanes) is 1. The molecule has 0 aliphatic carbocycles. The second-order valence-corrected chi connectivity index (χ2v) is 27.0. The van der Waals surface area contributed by atoms with Gasteiger partial charge in [-0.3, -0.25) is 43.3 Å². The number of nitrogens with zero attached hydrogens (tertiary/aromatic N) is 6. The first-order valence-corrected chi connectivity index (χ1v) is 32.2. The number of hydrogen-bond donors (Lipinski definition) is 3. The minimum absolute atomic E-state index is 0.0137. The molecule has 2 saturated heterocycles. The fourth-order valence-corrected chi connectivity index (χ4v) is 13.1. The highest BCUT2D eigenvalue weighted by atomic mass is 32.2. The number of carbonyl (C=O) groups excluding carboxylic acids is 8. The summed E-state index contributed by atoms with van der Waals surface area (Å²) >= 11 is 7.12.